The zero-order valence-corrected chi connectivity index (χ0v) is 15.6. The van der Waals surface area contributed by atoms with Gasteiger partial charge in [-0.15, -0.1) is 0 Å². The van der Waals surface area contributed by atoms with Crippen LogP contribution in [0.25, 0.3) is 0 Å². The maximum Gasteiger partial charge on any atom is 0.271 e. The van der Waals surface area contributed by atoms with Gasteiger partial charge in [0.2, 0.25) is 5.88 Å². The third-order valence-electron chi connectivity index (χ3n) is 4.45. The number of benzene rings is 2. The van der Waals surface area contributed by atoms with Gasteiger partial charge in [0.1, 0.15) is 23.1 Å². The van der Waals surface area contributed by atoms with E-state index in [4.69, 9.17) is 4.74 Å². The van der Waals surface area contributed by atoms with Gasteiger partial charge in [-0.05, 0) is 30.2 Å². The largest absolute Gasteiger partial charge is 0.494 e. The Kier molecular flexibility index (Phi) is 5.56. The van der Waals surface area contributed by atoms with Crippen molar-refractivity contribution in [1.29, 1.82) is 5.26 Å². The van der Waals surface area contributed by atoms with E-state index in [1.54, 1.807) is 26.2 Å². The van der Waals surface area contributed by atoms with Crippen LogP contribution in [0.2, 0.25) is 0 Å². The molecule has 3 aromatic rings. The Morgan fingerprint density at radius 2 is 1.86 bits per heavy atom. The zero-order chi connectivity index (χ0) is 20.1. The third kappa shape index (κ3) is 3.64. The van der Waals surface area contributed by atoms with Crippen LogP contribution < -0.4 is 10.3 Å². The van der Waals surface area contributed by atoms with Crippen LogP contribution in [0.3, 0.4) is 0 Å². The normalized spacial score (nSPS) is 10.8. The van der Waals surface area contributed by atoms with E-state index < -0.39 is 5.56 Å². The number of ether oxygens (including phenoxy) is 1. The molecule has 0 radical (unpaired) electrons. The predicted octanol–water partition coefficient (Wildman–Crippen LogP) is 3.54. The van der Waals surface area contributed by atoms with Gasteiger partial charge in [0.05, 0.1) is 19.2 Å². The highest BCUT2D eigenvalue weighted by Crippen LogP contribution is 2.27. The molecule has 1 N–H and O–H groups in total. The Hall–Kier alpha value is -3.85. The monoisotopic (exact) mass is 373 g/mol. The molecule has 0 aliphatic carbocycles. The molecule has 3 rings (SSSR count). The number of hydrogen-bond acceptors (Lipinski definition) is 5. The summed E-state index contributed by atoms with van der Waals surface area (Å²) in [5.41, 5.74) is 1.56. The summed E-state index contributed by atoms with van der Waals surface area (Å²) in [7, 11) is 1.55. The molecular weight excluding hydrogens is 354 g/mol. The molecule has 0 unspecified atom stereocenters. The Morgan fingerprint density at radius 1 is 1.18 bits per heavy atom. The summed E-state index contributed by atoms with van der Waals surface area (Å²) in [6, 6.07) is 18.4. The van der Waals surface area contributed by atoms with Crippen molar-refractivity contribution in [1.82, 2.24) is 4.57 Å². The van der Waals surface area contributed by atoms with Gasteiger partial charge in [-0.2, -0.15) is 5.26 Å². The van der Waals surface area contributed by atoms with Crippen LogP contribution in [-0.4, -0.2) is 23.0 Å². The highest BCUT2D eigenvalue weighted by Gasteiger charge is 2.18. The fourth-order valence-corrected chi connectivity index (χ4v) is 2.91. The van der Waals surface area contributed by atoms with Gasteiger partial charge in [0.25, 0.3) is 5.56 Å². The first-order valence-corrected chi connectivity index (χ1v) is 8.64. The zero-order valence-electron chi connectivity index (χ0n) is 15.6. The maximum atomic E-state index is 12.7. The lowest BCUT2D eigenvalue weighted by atomic mass is 10.1. The molecule has 6 heteroatoms. The molecule has 0 atom stereocenters. The predicted molar refractivity (Wildman–Crippen MR) is 108 cm³/mol. The first-order valence-electron chi connectivity index (χ1n) is 8.64. The van der Waals surface area contributed by atoms with Crippen molar-refractivity contribution >= 4 is 11.9 Å². The fraction of sp³-hybridized carbons (Fsp3) is 0.136. The average Bonchev–Trinajstić information content (AvgIpc) is 2.72. The molecule has 28 heavy (non-hydrogen) atoms. The van der Waals surface area contributed by atoms with Crippen LogP contribution in [0.15, 0.2) is 64.4 Å². The first-order chi connectivity index (χ1) is 13.6. The number of hydrogen-bond donors (Lipinski definition) is 1. The van der Waals surface area contributed by atoms with E-state index in [2.05, 4.69) is 4.99 Å². The van der Waals surface area contributed by atoms with E-state index in [9.17, 15) is 15.2 Å². The van der Waals surface area contributed by atoms with Gasteiger partial charge >= 0.3 is 0 Å². The summed E-state index contributed by atoms with van der Waals surface area (Å²) in [4.78, 5) is 17.1. The van der Waals surface area contributed by atoms with E-state index in [0.29, 0.717) is 22.6 Å². The van der Waals surface area contributed by atoms with Crippen molar-refractivity contribution in [2.24, 2.45) is 4.99 Å². The molecule has 1 heterocycles. The highest BCUT2D eigenvalue weighted by molar-refractivity contribution is 5.87. The minimum absolute atomic E-state index is 0.0183. The number of nitriles is 1. The molecular formula is C22H19N3O3. The molecule has 0 aliphatic heterocycles. The van der Waals surface area contributed by atoms with Crippen molar-refractivity contribution in [3.05, 3.63) is 87.2 Å². The lowest BCUT2D eigenvalue weighted by Crippen LogP contribution is -2.25. The van der Waals surface area contributed by atoms with Crippen LogP contribution in [0.4, 0.5) is 5.69 Å². The standard InChI is InChI=1S/C22H19N3O3/c1-15-17(12-23)21(26)25(14-16-8-4-3-5-9-16)22(27)18(15)13-24-19-10-6-7-11-20(19)28-2/h3-11,13,27H,14H2,1-2H3. The maximum absolute atomic E-state index is 12.7. The number of aromatic hydroxyl groups is 1. The van der Waals surface area contributed by atoms with E-state index in [0.717, 1.165) is 5.56 Å². The summed E-state index contributed by atoms with van der Waals surface area (Å²) in [6.45, 7) is 1.77. The number of methoxy groups -OCH3 is 1. The topological polar surface area (TPSA) is 87.6 Å². The molecule has 0 spiro atoms. The molecule has 0 fully saturated rings. The Balaban J connectivity index is 2.13. The summed E-state index contributed by atoms with van der Waals surface area (Å²) in [5.74, 6) is 0.345. The smallest absolute Gasteiger partial charge is 0.271 e. The first kappa shape index (κ1) is 18.9. The lowest BCUT2D eigenvalue weighted by Gasteiger charge is -2.14. The Bertz CT molecular complexity index is 1130. The van der Waals surface area contributed by atoms with E-state index in [1.807, 2.05) is 48.5 Å². The van der Waals surface area contributed by atoms with Gasteiger partial charge in [0.15, 0.2) is 0 Å². The quantitative estimate of drug-likeness (QED) is 0.693. The van der Waals surface area contributed by atoms with Crippen LogP contribution >= 0.6 is 0 Å². The Labute approximate surface area is 162 Å². The van der Waals surface area contributed by atoms with E-state index >= 15 is 0 Å². The minimum Gasteiger partial charge on any atom is -0.494 e. The van der Waals surface area contributed by atoms with Gasteiger partial charge in [0, 0.05) is 6.21 Å². The average molecular weight is 373 g/mol. The second-order valence-corrected chi connectivity index (χ2v) is 6.16. The molecule has 2 aromatic carbocycles. The van der Waals surface area contributed by atoms with Crippen LogP contribution in [0.5, 0.6) is 11.6 Å². The summed E-state index contributed by atoms with van der Waals surface area (Å²) >= 11 is 0. The number of pyridine rings is 1. The van der Waals surface area contributed by atoms with E-state index in [-0.39, 0.29) is 18.0 Å². The number of para-hydroxylation sites is 2. The van der Waals surface area contributed by atoms with E-state index in [1.165, 1.54) is 10.8 Å². The van der Waals surface area contributed by atoms with Crippen LogP contribution in [-0.2, 0) is 6.54 Å². The van der Waals surface area contributed by atoms with Gasteiger partial charge in [-0.1, -0.05) is 42.5 Å². The number of nitrogens with zero attached hydrogens (tertiary/aromatic N) is 3. The number of aromatic nitrogens is 1. The van der Waals surface area contributed by atoms with Crippen molar-refractivity contribution < 1.29 is 9.84 Å². The minimum atomic E-state index is -0.532. The highest BCUT2D eigenvalue weighted by atomic mass is 16.5. The van der Waals surface area contributed by atoms with Gasteiger partial charge in [-0.25, -0.2) is 0 Å². The van der Waals surface area contributed by atoms with Crippen LogP contribution in [0, 0.1) is 18.3 Å². The Morgan fingerprint density at radius 3 is 2.54 bits per heavy atom. The SMILES string of the molecule is COc1ccccc1N=Cc1c(C)c(C#N)c(=O)n(Cc2ccccc2)c1O. The molecule has 0 saturated carbocycles. The molecule has 0 saturated heterocycles. The summed E-state index contributed by atoms with van der Waals surface area (Å²) in [6.07, 6.45) is 1.45. The third-order valence-corrected chi connectivity index (χ3v) is 4.45. The second-order valence-electron chi connectivity index (χ2n) is 6.16. The van der Waals surface area contributed by atoms with Crippen molar-refractivity contribution in [2.45, 2.75) is 13.5 Å². The molecule has 1 aromatic heterocycles. The summed E-state index contributed by atoms with van der Waals surface area (Å²) in [5, 5.41) is 20.2. The fourth-order valence-electron chi connectivity index (χ4n) is 2.91. The second kappa shape index (κ2) is 8.23. The van der Waals surface area contributed by atoms with Crippen LogP contribution in [0.1, 0.15) is 22.3 Å². The molecule has 140 valence electrons. The molecule has 0 aliphatic rings. The number of rotatable bonds is 5. The summed E-state index contributed by atoms with van der Waals surface area (Å²) < 4.78 is 6.46. The molecule has 0 amide bonds. The van der Waals surface area contributed by atoms with Crippen molar-refractivity contribution in [3.63, 3.8) is 0 Å². The van der Waals surface area contributed by atoms with Crippen molar-refractivity contribution in [2.75, 3.05) is 7.11 Å². The molecule has 0 bridgehead atoms. The van der Waals surface area contributed by atoms with Gasteiger partial charge < -0.3 is 9.84 Å². The lowest BCUT2D eigenvalue weighted by molar-refractivity contribution is 0.412. The van der Waals surface area contributed by atoms with Gasteiger partial charge in [-0.3, -0.25) is 14.4 Å². The van der Waals surface area contributed by atoms with Crippen molar-refractivity contribution in [3.8, 4) is 17.7 Å². The number of aliphatic imine (C=N–C) groups is 1. The molecule has 6 nitrogen and oxygen atoms in total.